The summed E-state index contributed by atoms with van der Waals surface area (Å²) in [5.74, 6) is 3.07. The van der Waals surface area contributed by atoms with Crippen LogP contribution in [0.5, 0.6) is 5.75 Å². The molecule has 0 unspecified atom stereocenters. The SMILES string of the molecule is C#CCN[C@@H]1CCc2ccc(OC(=O)CCC/C=C\C/C=C\C/C=C\C/C=C\C/C=C\CC)cc21. The van der Waals surface area contributed by atoms with Gasteiger partial charge >= 0.3 is 5.97 Å². The predicted octanol–water partition coefficient (Wildman–Crippen LogP) is 7.72. The van der Waals surface area contributed by atoms with E-state index < -0.39 is 0 Å². The summed E-state index contributed by atoms with van der Waals surface area (Å²) in [6, 6.07) is 6.19. The first kappa shape index (κ1) is 28.1. The number of carbonyl (C=O) groups excluding carboxylic acids is 1. The van der Waals surface area contributed by atoms with Gasteiger partial charge in [-0.2, -0.15) is 0 Å². The first-order valence-corrected chi connectivity index (χ1v) is 13.0. The fourth-order valence-corrected chi connectivity index (χ4v) is 3.95. The van der Waals surface area contributed by atoms with Crippen molar-refractivity contribution in [2.45, 2.75) is 77.2 Å². The Hall–Kier alpha value is -3.09. The molecule has 0 aliphatic heterocycles. The molecule has 0 aromatic heterocycles. The highest BCUT2D eigenvalue weighted by atomic mass is 16.5. The molecule has 0 heterocycles. The number of fused-ring (bicyclic) bond motifs is 1. The van der Waals surface area contributed by atoms with Crippen molar-refractivity contribution in [2.24, 2.45) is 0 Å². The van der Waals surface area contributed by atoms with Crippen molar-refractivity contribution in [1.29, 1.82) is 0 Å². The van der Waals surface area contributed by atoms with E-state index in [0.29, 0.717) is 18.7 Å². The Morgan fingerprint density at radius 1 is 1.00 bits per heavy atom. The molecule has 1 aromatic rings. The Morgan fingerprint density at radius 3 is 2.26 bits per heavy atom. The Labute approximate surface area is 212 Å². The molecule has 0 fully saturated rings. The smallest absolute Gasteiger partial charge is 0.311 e. The molecule has 1 aliphatic carbocycles. The number of benzene rings is 1. The third-order valence-electron chi connectivity index (χ3n) is 5.79. The van der Waals surface area contributed by atoms with Crippen LogP contribution in [0.4, 0.5) is 0 Å². The van der Waals surface area contributed by atoms with Crippen LogP contribution < -0.4 is 10.1 Å². The summed E-state index contributed by atoms with van der Waals surface area (Å²) in [4.78, 5) is 12.2. The lowest BCUT2D eigenvalue weighted by molar-refractivity contribution is -0.134. The molecule has 1 aromatic carbocycles. The second kappa shape index (κ2) is 18.3. The zero-order valence-corrected chi connectivity index (χ0v) is 21.3. The molecule has 1 N–H and O–H groups in total. The van der Waals surface area contributed by atoms with E-state index in [-0.39, 0.29) is 12.0 Å². The van der Waals surface area contributed by atoms with Gasteiger partial charge in [0, 0.05) is 12.5 Å². The molecule has 0 amide bonds. The highest BCUT2D eigenvalue weighted by Gasteiger charge is 2.22. The Balaban J connectivity index is 1.54. The van der Waals surface area contributed by atoms with Gasteiger partial charge in [0.15, 0.2) is 0 Å². The molecule has 0 saturated heterocycles. The number of rotatable bonds is 16. The highest BCUT2D eigenvalue weighted by molar-refractivity contribution is 5.72. The minimum absolute atomic E-state index is 0.177. The predicted molar refractivity (Wildman–Crippen MR) is 148 cm³/mol. The van der Waals surface area contributed by atoms with Crippen LogP contribution in [0.2, 0.25) is 0 Å². The molecule has 0 bridgehead atoms. The number of unbranched alkanes of at least 4 members (excludes halogenated alkanes) is 1. The van der Waals surface area contributed by atoms with Crippen LogP contribution in [-0.2, 0) is 11.2 Å². The molecule has 3 heteroatoms. The van der Waals surface area contributed by atoms with Crippen LogP contribution in [0.1, 0.15) is 81.9 Å². The second-order valence-corrected chi connectivity index (χ2v) is 8.61. The number of hydrogen-bond acceptors (Lipinski definition) is 3. The van der Waals surface area contributed by atoms with Crippen LogP contribution in [0.3, 0.4) is 0 Å². The maximum Gasteiger partial charge on any atom is 0.311 e. The van der Waals surface area contributed by atoms with Crippen LogP contribution >= 0.6 is 0 Å². The van der Waals surface area contributed by atoms with E-state index in [1.165, 1.54) is 11.1 Å². The van der Waals surface area contributed by atoms with Crippen molar-refractivity contribution in [3.8, 4) is 18.1 Å². The zero-order valence-electron chi connectivity index (χ0n) is 21.3. The normalized spacial score (nSPS) is 15.7. The van der Waals surface area contributed by atoms with Gasteiger partial charge in [0.1, 0.15) is 5.75 Å². The largest absolute Gasteiger partial charge is 0.427 e. The summed E-state index contributed by atoms with van der Waals surface area (Å²) in [5, 5.41) is 3.36. The Kier molecular flexibility index (Phi) is 14.7. The monoisotopic (exact) mass is 471 g/mol. The maximum absolute atomic E-state index is 12.2. The van der Waals surface area contributed by atoms with Gasteiger partial charge in [-0.05, 0) is 81.0 Å². The van der Waals surface area contributed by atoms with E-state index in [1.54, 1.807) is 0 Å². The van der Waals surface area contributed by atoms with E-state index in [2.05, 4.69) is 85.0 Å². The van der Waals surface area contributed by atoms with E-state index in [4.69, 9.17) is 11.2 Å². The van der Waals surface area contributed by atoms with E-state index in [9.17, 15) is 4.79 Å². The lowest BCUT2D eigenvalue weighted by atomic mass is 10.1. The summed E-state index contributed by atoms with van der Waals surface area (Å²) in [7, 11) is 0. The molecular formula is C32H41NO2. The molecule has 1 aliphatic rings. The number of allylic oxidation sites excluding steroid dienone is 10. The standard InChI is InChI=1S/C32H41NO2/c1-3-5-6-7-8-9-10-11-12-13-14-15-16-17-18-19-20-21-32(34)35-29-24-22-28-23-25-31(30(28)27-29)33-26-4-2/h2,5-6,8-9,11-12,14-15,17-18,22,24,27,31,33H,3,7,10,13,16,19-21,23,25-26H2,1H3/b6-5-,9-8-,12-11-,15-14-,18-17-/t31-/m1/s1. The fraction of sp³-hybridized carbons (Fsp3) is 0.406. The number of esters is 1. The summed E-state index contributed by atoms with van der Waals surface area (Å²) < 4.78 is 5.57. The topological polar surface area (TPSA) is 38.3 Å². The van der Waals surface area contributed by atoms with Gasteiger partial charge in [0.2, 0.25) is 0 Å². The molecular weight excluding hydrogens is 430 g/mol. The minimum Gasteiger partial charge on any atom is -0.427 e. The summed E-state index contributed by atoms with van der Waals surface area (Å²) in [5.41, 5.74) is 2.50. The molecule has 35 heavy (non-hydrogen) atoms. The number of ether oxygens (including phenoxy) is 1. The van der Waals surface area contributed by atoms with Crippen molar-refractivity contribution in [1.82, 2.24) is 5.32 Å². The van der Waals surface area contributed by atoms with Gasteiger partial charge in [-0.25, -0.2) is 0 Å². The summed E-state index contributed by atoms with van der Waals surface area (Å²) in [6.45, 7) is 2.70. The third kappa shape index (κ3) is 12.3. The second-order valence-electron chi connectivity index (χ2n) is 8.61. The zero-order chi connectivity index (χ0) is 25.0. The van der Waals surface area contributed by atoms with Crippen LogP contribution in [0.25, 0.3) is 0 Å². The molecule has 0 spiro atoms. The van der Waals surface area contributed by atoms with Gasteiger partial charge in [-0.15, -0.1) is 6.42 Å². The van der Waals surface area contributed by atoms with E-state index >= 15 is 0 Å². The van der Waals surface area contributed by atoms with Gasteiger partial charge in [-0.3, -0.25) is 10.1 Å². The molecule has 2 rings (SSSR count). The van der Waals surface area contributed by atoms with Crippen LogP contribution in [0, 0.1) is 12.3 Å². The highest BCUT2D eigenvalue weighted by Crippen LogP contribution is 2.33. The number of hydrogen-bond donors (Lipinski definition) is 1. The van der Waals surface area contributed by atoms with Gasteiger partial charge in [0.25, 0.3) is 0 Å². The van der Waals surface area contributed by atoms with Gasteiger partial charge in [0.05, 0.1) is 6.54 Å². The average molecular weight is 472 g/mol. The van der Waals surface area contributed by atoms with Crippen molar-refractivity contribution in [3.63, 3.8) is 0 Å². The number of terminal acetylenes is 1. The minimum atomic E-state index is -0.177. The quantitative estimate of drug-likeness (QED) is 0.0881. The van der Waals surface area contributed by atoms with Crippen molar-refractivity contribution < 1.29 is 9.53 Å². The van der Waals surface area contributed by atoms with Crippen LogP contribution in [0.15, 0.2) is 79.0 Å². The number of nitrogens with one attached hydrogen (secondary N) is 1. The van der Waals surface area contributed by atoms with Crippen molar-refractivity contribution >= 4 is 5.97 Å². The average Bonchev–Trinajstić information content (AvgIpc) is 3.26. The number of aryl methyl sites for hydroxylation is 1. The molecule has 0 saturated carbocycles. The van der Waals surface area contributed by atoms with Crippen molar-refractivity contribution in [2.75, 3.05) is 6.54 Å². The lowest BCUT2D eigenvalue weighted by Gasteiger charge is -2.13. The number of carbonyl (C=O) groups is 1. The molecule has 186 valence electrons. The van der Waals surface area contributed by atoms with Crippen molar-refractivity contribution in [3.05, 3.63) is 90.1 Å². The molecule has 3 nitrogen and oxygen atoms in total. The van der Waals surface area contributed by atoms with Gasteiger partial charge < -0.3 is 4.74 Å². The van der Waals surface area contributed by atoms with Gasteiger partial charge in [-0.1, -0.05) is 79.7 Å². The first-order valence-electron chi connectivity index (χ1n) is 13.0. The van der Waals surface area contributed by atoms with Crippen LogP contribution in [-0.4, -0.2) is 12.5 Å². The first-order chi connectivity index (χ1) is 17.2. The van der Waals surface area contributed by atoms with E-state index in [0.717, 1.165) is 57.8 Å². The molecule has 1 atom stereocenters. The maximum atomic E-state index is 12.2. The Bertz CT molecular complexity index is 943. The van der Waals surface area contributed by atoms with E-state index in [1.807, 2.05) is 12.1 Å². The summed E-state index contributed by atoms with van der Waals surface area (Å²) >= 11 is 0. The third-order valence-corrected chi connectivity index (χ3v) is 5.79. The lowest BCUT2D eigenvalue weighted by Crippen LogP contribution is -2.19. The fourth-order valence-electron chi connectivity index (χ4n) is 3.95. The summed E-state index contributed by atoms with van der Waals surface area (Å²) in [6.07, 6.45) is 36.4. The molecule has 0 radical (unpaired) electrons. The Morgan fingerprint density at radius 2 is 1.63 bits per heavy atom.